The number of carbonyl (C=O) groups excluding carboxylic acids is 1. The smallest absolute Gasteiger partial charge is 0.343 e. The average Bonchev–Trinajstić information content (AvgIpc) is 2.72. The molecule has 1 aliphatic heterocycles. The van der Waals surface area contributed by atoms with Crippen molar-refractivity contribution in [2.24, 2.45) is 0 Å². The normalized spacial score (nSPS) is 15.9. The highest BCUT2D eigenvalue weighted by Gasteiger charge is 2.35. The van der Waals surface area contributed by atoms with E-state index < -0.39 is 17.5 Å². The molecule has 2 aromatic carbocycles. The minimum Gasteiger partial charge on any atom is -0.497 e. The van der Waals surface area contributed by atoms with Crippen molar-refractivity contribution >= 4 is 27.8 Å². The summed E-state index contributed by atoms with van der Waals surface area (Å²) >= 11 is 0. The van der Waals surface area contributed by atoms with Crippen LogP contribution in [-0.4, -0.2) is 18.1 Å². The van der Waals surface area contributed by atoms with Gasteiger partial charge in [0.1, 0.15) is 11.3 Å². The van der Waals surface area contributed by atoms with E-state index in [0.29, 0.717) is 27.8 Å². The van der Waals surface area contributed by atoms with Gasteiger partial charge in [-0.05, 0) is 35.7 Å². The molecule has 0 bridgehead atoms. The Balaban J connectivity index is 1.77. The van der Waals surface area contributed by atoms with E-state index in [1.807, 2.05) is 0 Å². The Hall–Kier alpha value is -3.87. The number of carbonyl (C=O) groups is 1. The molecule has 2 aromatic heterocycles. The Morgan fingerprint density at radius 3 is 2.72 bits per heavy atom. The second-order valence-electron chi connectivity index (χ2n) is 6.87. The maximum atomic E-state index is 12.8. The lowest BCUT2D eigenvalue weighted by molar-refractivity contribution is -0.135. The third-order valence-corrected chi connectivity index (χ3v) is 5.19. The third kappa shape index (κ3) is 2.70. The predicted molar refractivity (Wildman–Crippen MR) is 106 cm³/mol. The van der Waals surface area contributed by atoms with Crippen molar-refractivity contribution in [2.45, 2.75) is 12.3 Å². The van der Waals surface area contributed by atoms with Crippen LogP contribution in [0.2, 0.25) is 0 Å². The molecule has 0 unspecified atom stereocenters. The number of fused-ring (bicyclic) bond motifs is 4. The van der Waals surface area contributed by atoms with E-state index in [1.54, 1.807) is 55.6 Å². The third-order valence-electron chi connectivity index (χ3n) is 5.19. The quantitative estimate of drug-likeness (QED) is 0.418. The molecule has 0 spiro atoms. The minimum absolute atomic E-state index is 0.124. The summed E-state index contributed by atoms with van der Waals surface area (Å²) in [4.78, 5) is 40.7. The van der Waals surface area contributed by atoms with Crippen LogP contribution in [0.25, 0.3) is 21.9 Å². The zero-order valence-electron chi connectivity index (χ0n) is 15.4. The van der Waals surface area contributed by atoms with Gasteiger partial charge in [-0.2, -0.15) is 0 Å². The largest absolute Gasteiger partial charge is 0.497 e. The molecule has 0 fully saturated rings. The van der Waals surface area contributed by atoms with Crippen LogP contribution >= 0.6 is 0 Å². The van der Waals surface area contributed by atoms with Gasteiger partial charge in [0.25, 0.3) is 5.56 Å². The van der Waals surface area contributed by atoms with E-state index in [-0.39, 0.29) is 23.3 Å². The highest BCUT2D eigenvalue weighted by atomic mass is 16.5. The van der Waals surface area contributed by atoms with Crippen LogP contribution in [0.5, 0.6) is 11.5 Å². The standard InChI is InChI=1S/C22H15NO6/c1-27-12-7-6-11-8-15(21(25)23-16(11)9-12)14-10-18(24)29-20-13-4-2-3-5-17(13)28-22(26)19(14)20/h2-9,14H,10H2,1H3,(H,23,25)/t14-/m0/s1. The first kappa shape index (κ1) is 17.2. The zero-order chi connectivity index (χ0) is 20.1. The number of methoxy groups -OCH3 is 1. The van der Waals surface area contributed by atoms with Gasteiger partial charge in [0, 0.05) is 17.5 Å². The van der Waals surface area contributed by atoms with Crippen LogP contribution < -0.4 is 20.7 Å². The number of esters is 1. The lowest BCUT2D eigenvalue weighted by atomic mass is 9.87. The molecule has 4 aromatic rings. The van der Waals surface area contributed by atoms with Crippen LogP contribution in [0.1, 0.15) is 23.5 Å². The van der Waals surface area contributed by atoms with Crippen molar-refractivity contribution in [1.29, 1.82) is 0 Å². The van der Waals surface area contributed by atoms with Gasteiger partial charge in [-0.25, -0.2) is 4.79 Å². The molecule has 7 heteroatoms. The van der Waals surface area contributed by atoms with Crippen molar-refractivity contribution in [2.75, 3.05) is 7.11 Å². The number of hydrogen-bond acceptors (Lipinski definition) is 6. The maximum absolute atomic E-state index is 12.8. The monoisotopic (exact) mass is 389 g/mol. The SMILES string of the molecule is COc1ccc2cc([C@@H]3CC(=O)Oc4c3c(=O)oc3ccccc43)c(=O)[nH]c2c1. The molecule has 0 aliphatic carbocycles. The van der Waals surface area contributed by atoms with Gasteiger partial charge in [0.2, 0.25) is 0 Å². The van der Waals surface area contributed by atoms with Crippen LogP contribution in [0, 0.1) is 0 Å². The zero-order valence-corrected chi connectivity index (χ0v) is 15.4. The summed E-state index contributed by atoms with van der Waals surface area (Å²) in [5.74, 6) is -0.498. The lowest BCUT2D eigenvalue weighted by Crippen LogP contribution is -2.30. The van der Waals surface area contributed by atoms with Crippen molar-refractivity contribution in [3.63, 3.8) is 0 Å². The van der Waals surface area contributed by atoms with Crippen molar-refractivity contribution in [3.05, 3.63) is 80.4 Å². The van der Waals surface area contributed by atoms with Gasteiger partial charge in [0.15, 0.2) is 5.75 Å². The number of aromatic nitrogens is 1. The summed E-state index contributed by atoms with van der Waals surface area (Å²) < 4.78 is 16.0. The van der Waals surface area contributed by atoms with Gasteiger partial charge < -0.3 is 18.9 Å². The van der Waals surface area contributed by atoms with Gasteiger partial charge in [-0.3, -0.25) is 9.59 Å². The van der Waals surface area contributed by atoms with E-state index in [4.69, 9.17) is 13.9 Å². The van der Waals surface area contributed by atoms with Crippen molar-refractivity contribution in [1.82, 2.24) is 4.98 Å². The number of pyridine rings is 1. The molecule has 0 saturated carbocycles. The van der Waals surface area contributed by atoms with E-state index in [2.05, 4.69) is 4.98 Å². The van der Waals surface area contributed by atoms with E-state index in [1.165, 1.54) is 0 Å². The molecular formula is C22H15NO6. The molecule has 7 nitrogen and oxygen atoms in total. The summed E-state index contributed by atoms with van der Waals surface area (Å²) in [6, 6.07) is 13.8. The van der Waals surface area contributed by atoms with Gasteiger partial charge in [-0.1, -0.05) is 12.1 Å². The molecule has 0 saturated heterocycles. The number of ether oxygens (including phenoxy) is 2. The molecule has 0 radical (unpaired) electrons. The van der Waals surface area contributed by atoms with Crippen LogP contribution in [-0.2, 0) is 4.79 Å². The number of para-hydroxylation sites is 1. The summed E-state index contributed by atoms with van der Waals surface area (Å²) in [5, 5.41) is 1.27. The Kier molecular flexibility index (Phi) is 3.77. The molecule has 0 amide bonds. The highest BCUT2D eigenvalue weighted by Crippen LogP contribution is 2.40. The Labute approximate surface area is 163 Å². The molecular weight excluding hydrogens is 374 g/mol. The fourth-order valence-electron chi connectivity index (χ4n) is 3.82. The summed E-state index contributed by atoms with van der Waals surface area (Å²) in [6.45, 7) is 0. The molecule has 144 valence electrons. The fourth-order valence-corrected chi connectivity index (χ4v) is 3.82. The van der Waals surface area contributed by atoms with Gasteiger partial charge >= 0.3 is 11.6 Å². The summed E-state index contributed by atoms with van der Waals surface area (Å²) in [6.07, 6.45) is -0.124. The maximum Gasteiger partial charge on any atom is 0.343 e. The molecule has 29 heavy (non-hydrogen) atoms. The van der Waals surface area contributed by atoms with Gasteiger partial charge in [-0.15, -0.1) is 0 Å². The van der Waals surface area contributed by atoms with Crippen molar-refractivity contribution < 1.29 is 18.7 Å². The predicted octanol–water partition coefficient (Wildman–Crippen LogP) is 3.08. The van der Waals surface area contributed by atoms with E-state index in [0.717, 1.165) is 5.39 Å². The number of aromatic amines is 1. The number of benzene rings is 2. The van der Waals surface area contributed by atoms with Crippen LogP contribution in [0.15, 0.2) is 62.5 Å². The average molecular weight is 389 g/mol. The lowest BCUT2D eigenvalue weighted by Gasteiger charge is -2.24. The Morgan fingerprint density at radius 2 is 1.90 bits per heavy atom. The minimum atomic E-state index is -0.762. The number of hydrogen-bond donors (Lipinski definition) is 1. The number of rotatable bonds is 2. The van der Waals surface area contributed by atoms with Crippen molar-refractivity contribution in [3.8, 4) is 11.5 Å². The molecule has 1 atom stereocenters. The summed E-state index contributed by atoms with van der Waals surface area (Å²) in [5.41, 5.74) is 0.408. The Morgan fingerprint density at radius 1 is 1.07 bits per heavy atom. The van der Waals surface area contributed by atoms with Gasteiger partial charge in [0.05, 0.1) is 30.0 Å². The number of nitrogens with one attached hydrogen (secondary N) is 1. The fraction of sp³-hybridized carbons (Fsp3) is 0.136. The topological polar surface area (TPSA) is 98.6 Å². The molecule has 1 N–H and O–H groups in total. The second kappa shape index (κ2) is 6.34. The Bertz CT molecular complexity index is 1410. The first-order valence-corrected chi connectivity index (χ1v) is 9.02. The first-order valence-electron chi connectivity index (χ1n) is 9.02. The molecule has 1 aliphatic rings. The van der Waals surface area contributed by atoms with E-state index >= 15 is 0 Å². The van der Waals surface area contributed by atoms with E-state index in [9.17, 15) is 14.4 Å². The van der Waals surface area contributed by atoms with Crippen LogP contribution in [0.4, 0.5) is 0 Å². The second-order valence-corrected chi connectivity index (χ2v) is 6.87. The number of H-pyrrole nitrogens is 1. The molecule has 3 heterocycles. The summed E-state index contributed by atoms with van der Waals surface area (Å²) in [7, 11) is 1.54. The first-order chi connectivity index (χ1) is 14.0. The molecule has 5 rings (SSSR count). The van der Waals surface area contributed by atoms with Crippen LogP contribution in [0.3, 0.4) is 0 Å². The highest BCUT2D eigenvalue weighted by molar-refractivity contribution is 5.90.